The Hall–Kier alpha value is -1.46. The highest BCUT2D eigenvalue weighted by Crippen LogP contribution is 2.30. The highest BCUT2D eigenvalue weighted by atomic mass is 35.5. The van der Waals surface area contributed by atoms with Gasteiger partial charge in [-0.1, -0.05) is 49.2 Å². The third-order valence-electron chi connectivity index (χ3n) is 4.26. The molecule has 6 heteroatoms. The van der Waals surface area contributed by atoms with Crippen molar-refractivity contribution < 1.29 is 14.2 Å². The molecule has 0 radical (unpaired) electrons. The molecule has 0 saturated heterocycles. The summed E-state index contributed by atoms with van der Waals surface area (Å²) >= 11 is 6.21. The van der Waals surface area contributed by atoms with Crippen LogP contribution in [0.2, 0.25) is 5.02 Å². The van der Waals surface area contributed by atoms with Crippen LogP contribution in [0, 0.1) is 0 Å². The van der Waals surface area contributed by atoms with E-state index in [1.807, 2.05) is 43.3 Å². The van der Waals surface area contributed by atoms with E-state index < -0.39 is 0 Å². The second-order valence-corrected chi connectivity index (χ2v) is 7.00. The van der Waals surface area contributed by atoms with Crippen molar-refractivity contribution in [3.63, 3.8) is 0 Å². The number of hydrogen-bond acceptors (Lipinski definition) is 4. The summed E-state index contributed by atoms with van der Waals surface area (Å²) in [6.07, 6.45) is 3.33. The van der Waals surface area contributed by atoms with Gasteiger partial charge in [-0.2, -0.15) is 0 Å². The fourth-order valence-corrected chi connectivity index (χ4v) is 2.89. The van der Waals surface area contributed by atoms with Crippen LogP contribution in [0.1, 0.15) is 44.2 Å². The van der Waals surface area contributed by atoms with Gasteiger partial charge in [-0.15, -0.1) is 12.4 Å². The molecule has 0 unspecified atom stereocenters. The van der Waals surface area contributed by atoms with Crippen LogP contribution in [0.25, 0.3) is 0 Å². The summed E-state index contributed by atoms with van der Waals surface area (Å²) < 4.78 is 17.3. The molecule has 4 nitrogen and oxygen atoms in total. The number of halogens is 2. The molecule has 0 saturated carbocycles. The Kier molecular flexibility index (Phi) is 13.6. The van der Waals surface area contributed by atoms with Gasteiger partial charge in [0.15, 0.2) is 11.5 Å². The first-order valence-corrected chi connectivity index (χ1v) is 10.5. The summed E-state index contributed by atoms with van der Waals surface area (Å²) in [5.41, 5.74) is 2.12. The minimum absolute atomic E-state index is 0. The molecule has 0 heterocycles. The maximum atomic E-state index is 6.21. The first-order valence-electron chi connectivity index (χ1n) is 10.1. The Labute approximate surface area is 186 Å². The Morgan fingerprint density at radius 2 is 1.72 bits per heavy atom. The molecular weight excluding hydrogens is 409 g/mol. The van der Waals surface area contributed by atoms with Gasteiger partial charge in [-0.25, -0.2) is 0 Å². The molecule has 2 aromatic rings. The molecule has 0 aliphatic heterocycles. The molecule has 2 rings (SSSR count). The van der Waals surface area contributed by atoms with Gasteiger partial charge in [-0.3, -0.25) is 0 Å². The minimum Gasteiger partial charge on any atom is -0.490 e. The molecule has 29 heavy (non-hydrogen) atoms. The van der Waals surface area contributed by atoms with Gasteiger partial charge in [0.2, 0.25) is 0 Å². The maximum Gasteiger partial charge on any atom is 0.161 e. The SMILES string of the molecule is CCCCOCCCNCc1ccc(OCc2ccccc2Cl)c(OCC)c1.Cl. The van der Waals surface area contributed by atoms with Crippen molar-refractivity contribution >= 4 is 24.0 Å². The van der Waals surface area contributed by atoms with Crippen LogP contribution in [0.4, 0.5) is 0 Å². The van der Waals surface area contributed by atoms with Crippen LogP contribution in [0.15, 0.2) is 42.5 Å². The second-order valence-electron chi connectivity index (χ2n) is 6.59. The normalized spacial score (nSPS) is 10.4. The fraction of sp³-hybridized carbons (Fsp3) is 0.478. The average molecular weight is 442 g/mol. The lowest BCUT2D eigenvalue weighted by Gasteiger charge is -2.14. The Morgan fingerprint density at radius 1 is 0.931 bits per heavy atom. The Morgan fingerprint density at radius 3 is 2.48 bits per heavy atom. The third kappa shape index (κ3) is 9.72. The molecule has 162 valence electrons. The maximum absolute atomic E-state index is 6.21. The van der Waals surface area contributed by atoms with E-state index in [0.29, 0.717) is 18.2 Å². The number of benzene rings is 2. The number of rotatable bonds is 14. The number of ether oxygens (including phenoxy) is 3. The molecule has 0 amide bonds. The van der Waals surface area contributed by atoms with E-state index in [2.05, 4.69) is 18.3 Å². The van der Waals surface area contributed by atoms with E-state index in [1.54, 1.807) is 0 Å². The van der Waals surface area contributed by atoms with E-state index in [1.165, 1.54) is 12.0 Å². The van der Waals surface area contributed by atoms with E-state index >= 15 is 0 Å². The van der Waals surface area contributed by atoms with Crippen molar-refractivity contribution in [2.75, 3.05) is 26.4 Å². The molecular formula is C23H33Cl2NO3. The van der Waals surface area contributed by atoms with E-state index in [0.717, 1.165) is 56.2 Å². The minimum atomic E-state index is 0. The summed E-state index contributed by atoms with van der Waals surface area (Å²) in [4.78, 5) is 0. The van der Waals surface area contributed by atoms with Gasteiger partial charge in [-0.05, 0) is 50.1 Å². The standard InChI is InChI=1S/C23H32ClNO3.ClH/c1-3-5-14-26-15-8-13-25-17-19-11-12-22(23(16-19)27-4-2)28-18-20-9-6-7-10-21(20)24;/h6-7,9-12,16,25H,3-5,8,13-15,17-18H2,1-2H3;1H. The molecule has 0 spiro atoms. The lowest BCUT2D eigenvalue weighted by molar-refractivity contribution is 0.129. The summed E-state index contributed by atoms with van der Waals surface area (Å²) in [6, 6.07) is 13.8. The van der Waals surface area contributed by atoms with Gasteiger partial charge in [0.05, 0.1) is 6.61 Å². The number of nitrogens with one attached hydrogen (secondary N) is 1. The van der Waals surface area contributed by atoms with Crippen LogP contribution in [0.5, 0.6) is 11.5 Å². The van der Waals surface area contributed by atoms with Crippen molar-refractivity contribution in [3.8, 4) is 11.5 Å². The van der Waals surface area contributed by atoms with Crippen molar-refractivity contribution in [3.05, 3.63) is 58.6 Å². The predicted molar refractivity (Wildman–Crippen MR) is 123 cm³/mol. The third-order valence-corrected chi connectivity index (χ3v) is 4.63. The van der Waals surface area contributed by atoms with Crippen LogP contribution in [-0.2, 0) is 17.9 Å². The van der Waals surface area contributed by atoms with Crippen molar-refractivity contribution in [1.82, 2.24) is 5.32 Å². The number of unbranched alkanes of at least 4 members (excludes halogenated alkanes) is 1. The average Bonchev–Trinajstić information content (AvgIpc) is 2.70. The summed E-state index contributed by atoms with van der Waals surface area (Å²) in [6.45, 7) is 8.55. The highest BCUT2D eigenvalue weighted by Gasteiger charge is 2.08. The van der Waals surface area contributed by atoms with Gasteiger partial charge >= 0.3 is 0 Å². The molecule has 0 aromatic heterocycles. The monoisotopic (exact) mass is 441 g/mol. The van der Waals surface area contributed by atoms with E-state index in [-0.39, 0.29) is 12.4 Å². The second kappa shape index (κ2) is 15.4. The molecule has 0 fully saturated rings. The first kappa shape index (κ1) is 25.6. The summed E-state index contributed by atoms with van der Waals surface area (Å²) in [5, 5.41) is 4.16. The first-order chi connectivity index (χ1) is 13.7. The van der Waals surface area contributed by atoms with E-state index in [4.69, 9.17) is 25.8 Å². The molecule has 0 aliphatic rings. The predicted octanol–water partition coefficient (Wildman–Crippen LogP) is 6.04. The van der Waals surface area contributed by atoms with Crippen molar-refractivity contribution in [2.45, 2.75) is 46.3 Å². The molecule has 0 atom stereocenters. The van der Waals surface area contributed by atoms with E-state index in [9.17, 15) is 0 Å². The zero-order valence-corrected chi connectivity index (χ0v) is 19.0. The molecule has 0 aliphatic carbocycles. The summed E-state index contributed by atoms with van der Waals surface area (Å²) in [5.74, 6) is 1.49. The molecule has 2 aromatic carbocycles. The molecule has 1 N–H and O–H groups in total. The Bertz CT molecular complexity index is 698. The topological polar surface area (TPSA) is 39.7 Å². The highest BCUT2D eigenvalue weighted by molar-refractivity contribution is 6.31. The van der Waals surface area contributed by atoms with Crippen molar-refractivity contribution in [1.29, 1.82) is 0 Å². The number of hydrogen-bond donors (Lipinski definition) is 1. The zero-order valence-electron chi connectivity index (χ0n) is 17.4. The van der Waals surface area contributed by atoms with Crippen LogP contribution < -0.4 is 14.8 Å². The van der Waals surface area contributed by atoms with Gasteiger partial charge in [0.1, 0.15) is 6.61 Å². The van der Waals surface area contributed by atoms with Gasteiger partial charge < -0.3 is 19.5 Å². The van der Waals surface area contributed by atoms with Gasteiger partial charge in [0.25, 0.3) is 0 Å². The lowest BCUT2D eigenvalue weighted by atomic mass is 10.2. The van der Waals surface area contributed by atoms with Crippen molar-refractivity contribution in [2.24, 2.45) is 0 Å². The Balaban J connectivity index is 0.00000420. The fourth-order valence-electron chi connectivity index (χ4n) is 2.70. The largest absolute Gasteiger partial charge is 0.490 e. The van der Waals surface area contributed by atoms with Crippen LogP contribution in [-0.4, -0.2) is 26.4 Å². The zero-order chi connectivity index (χ0) is 20.0. The molecule has 0 bridgehead atoms. The smallest absolute Gasteiger partial charge is 0.161 e. The summed E-state index contributed by atoms with van der Waals surface area (Å²) in [7, 11) is 0. The van der Waals surface area contributed by atoms with Crippen LogP contribution >= 0.6 is 24.0 Å². The lowest BCUT2D eigenvalue weighted by Crippen LogP contribution is -2.16. The quantitative estimate of drug-likeness (QED) is 0.363. The van der Waals surface area contributed by atoms with Gasteiger partial charge in [0, 0.05) is 30.3 Å². The van der Waals surface area contributed by atoms with Crippen LogP contribution in [0.3, 0.4) is 0 Å².